The van der Waals surface area contributed by atoms with Gasteiger partial charge in [-0.05, 0) is 45.8 Å². The Kier molecular flexibility index (Phi) is 3.02. The molecule has 0 bridgehead atoms. The van der Waals surface area contributed by atoms with Gasteiger partial charge in [0, 0.05) is 4.47 Å². The fourth-order valence-electron chi connectivity index (χ4n) is 1.95. The van der Waals surface area contributed by atoms with Crippen molar-refractivity contribution in [2.45, 2.75) is 6.54 Å². The van der Waals surface area contributed by atoms with Gasteiger partial charge >= 0.3 is 0 Å². The maximum Gasteiger partial charge on any atom is 0.113 e. The Morgan fingerprint density at radius 2 is 2.05 bits per heavy atom. The van der Waals surface area contributed by atoms with E-state index in [-0.39, 0.29) is 0 Å². The second-order valence-corrected chi connectivity index (χ2v) is 5.02. The van der Waals surface area contributed by atoms with E-state index in [0.29, 0.717) is 12.1 Å². The maximum atomic E-state index is 8.90. The lowest BCUT2D eigenvalue weighted by molar-refractivity contribution is 0.669. The van der Waals surface area contributed by atoms with Crippen LogP contribution in [0.1, 0.15) is 11.1 Å². The second kappa shape index (κ2) is 4.82. The predicted molar refractivity (Wildman–Crippen MR) is 75.5 cm³/mol. The molecule has 3 rings (SSSR count). The lowest BCUT2D eigenvalue weighted by Gasteiger charge is -2.04. The number of rotatable bonds is 2. The number of fused-ring (bicyclic) bond motifs is 1. The largest absolute Gasteiger partial charge is 0.240 e. The number of benzene rings is 2. The SMILES string of the molecule is N#Cc1ccc(Cn2nnc3ccccc32)cc1Br. The Balaban J connectivity index is 1.97. The number of nitrogens with zero attached hydrogens (tertiary/aromatic N) is 4. The Hall–Kier alpha value is -2.19. The number of aromatic nitrogens is 3. The van der Waals surface area contributed by atoms with Crippen molar-refractivity contribution >= 4 is 27.0 Å². The van der Waals surface area contributed by atoms with Gasteiger partial charge in [-0.1, -0.05) is 23.4 Å². The highest BCUT2D eigenvalue weighted by molar-refractivity contribution is 9.10. The average molecular weight is 313 g/mol. The molecule has 0 atom stereocenters. The van der Waals surface area contributed by atoms with Crippen LogP contribution in [0.3, 0.4) is 0 Å². The summed E-state index contributed by atoms with van der Waals surface area (Å²) in [6, 6.07) is 15.6. The van der Waals surface area contributed by atoms with Gasteiger partial charge < -0.3 is 0 Å². The average Bonchev–Trinajstić information content (AvgIpc) is 2.83. The van der Waals surface area contributed by atoms with Crippen molar-refractivity contribution in [2.75, 3.05) is 0 Å². The van der Waals surface area contributed by atoms with Crippen LogP contribution in [0.2, 0.25) is 0 Å². The monoisotopic (exact) mass is 312 g/mol. The fourth-order valence-corrected chi connectivity index (χ4v) is 2.47. The summed E-state index contributed by atoms with van der Waals surface area (Å²) in [6.07, 6.45) is 0. The van der Waals surface area contributed by atoms with Crippen molar-refractivity contribution in [1.82, 2.24) is 15.0 Å². The molecule has 0 aliphatic carbocycles. The molecule has 4 nitrogen and oxygen atoms in total. The van der Waals surface area contributed by atoms with E-state index in [9.17, 15) is 0 Å². The van der Waals surface area contributed by atoms with E-state index in [2.05, 4.69) is 32.3 Å². The van der Waals surface area contributed by atoms with Crippen LogP contribution in [0.25, 0.3) is 11.0 Å². The molecule has 1 heterocycles. The van der Waals surface area contributed by atoms with Crippen LogP contribution in [-0.4, -0.2) is 15.0 Å². The molecule has 0 fully saturated rings. The van der Waals surface area contributed by atoms with E-state index in [0.717, 1.165) is 21.1 Å². The van der Waals surface area contributed by atoms with E-state index in [1.54, 1.807) is 6.07 Å². The Morgan fingerprint density at radius 3 is 2.84 bits per heavy atom. The second-order valence-electron chi connectivity index (χ2n) is 4.16. The molecule has 3 aromatic rings. The summed E-state index contributed by atoms with van der Waals surface area (Å²) in [5.41, 5.74) is 3.59. The zero-order valence-corrected chi connectivity index (χ0v) is 11.5. The zero-order valence-electron chi connectivity index (χ0n) is 9.92. The first-order valence-electron chi connectivity index (χ1n) is 5.74. The number of nitriles is 1. The third-order valence-electron chi connectivity index (χ3n) is 2.91. The Bertz CT molecular complexity index is 785. The molecular weight excluding hydrogens is 304 g/mol. The van der Waals surface area contributed by atoms with Crippen LogP contribution in [0.5, 0.6) is 0 Å². The number of hydrogen-bond acceptors (Lipinski definition) is 3. The van der Waals surface area contributed by atoms with Crippen molar-refractivity contribution in [1.29, 1.82) is 5.26 Å². The van der Waals surface area contributed by atoms with Gasteiger partial charge in [0.2, 0.25) is 0 Å². The lowest BCUT2D eigenvalue weighted by Crippen LogP contribution is -2.02. The molecule has 0 saturated heterocycles. The molecule has 2 aromatic carbocycles. The summed E-state index contributed by atoms with van der Waals surface area (Å²) >= 11 is 3.39. The molecule has 0 radical (unpaired) electrons. The van der Waals surface area contributed by atoms with Gasteiger partial charge in [-0.2, -0.15) is 5.26 Å². The van der Waals surface area contributed by atoms with Crippen molar-refractivity contribution in [2.24, 2.45) is 0 Å². The highest BCUT2D eigenvalue weighted by atomic mass is 79.9. The van der Waals surface area contributed by atoms with Crippen molar-refractivity contribution in [3.05, 3.63) is 58.1 Å². The first kappa shape index (κ1) is 11.9. The number of halogens is 1. The normalized spacial score (nSPS) is 10.5. The molecular formula is C14H9BrN4. The molecule has 0 unspecified atom stereocenters. The van der Waals surface area contributed by atoms with Crippen molar-refractivity contribution in [3.63, 3.8) is 0 Å². The molecule has 92 valence electrons. The third-order valence-corrected chi connectivity index (χ3v) is 3.56. The molecule has 0 saturated carbocycles. The van der Waals surface area contributed by atoms with E-state index in [1.165, 1.54) is 0 Å². The van der Waals surface area contributed by atoms with Crippen LogP contribution in [0.15, 0.2) is 46.9 Å². The van der Waals surface area contributed by atoms with Crippen LogP contribution in [-0.2, 0) is 6.54 Å². The minimum Gasteiger partial charge on any atom is -0.240 e. The third kappa shape index (κ3) is 2.23. The van der Waals surface area contributed by atoms with E-state index >= 15 is 0 Å². The van der Waals surface area contributed by atoms with Gasteiger partial charge in [0.1, 0.15) is 11.6 Å². The molecule has 0 N–H and O–H groups in total. The molecule has 19 heavy (non-hydrogen) atoms. The van der Waals surface area contributed by atoms with Crippen LogP contribution >= 0.6 is 15.9 Å². The summed E-state index contributed by atoms with van der Waals surface area (Å²) in [4.78, 5) is 0. The number of hydrogen-bond donors (Lipinski definition) is 0. The van der Waals surface area contributed by atoms with Crippen LogP contribution in [0.4, 0.5) is 0 Å². The van der Waals surface area contributed by atoms with Gasteiger partial charge in [0.05, 0.1) is 17.6 Å². The van der Waals surface area contributed by atoms with Gasteiger partial charge in [0.15, 0.2) is 0 Å². The first-order valence-corrected chi connectivity index (χ1v) is 6.54. The van der Waals surface area contributed by atoms with E-state index < -0.39 is 0 Å². The van der Waals surface area contributed by atoms with Gasteiger partial charge in [-0.25, -0.2) is 4.68 Å². The molecule has 0 aliphatic rings. The summed E-state index contributed by atoms with van der Waals surface area (Å²) < 4.78 is 2.65. The van der Waals surface area contributed by atoms with Gasteiger partial charge in [-0.3, -0.25) is 0 Å². The lowest BCUT2D eigenvalue weighted by atomic mass is 10.1. The van der Waals surface area contributed by atoms with Gasteiger partial charge in [0.25, 0.3) is 0 Å². The molecule has 1 aromatic heterocycles. The summed E-state index contributed by atoms with van der Waals surface area (Å²) in [5.74, 6) is 0. The highest BCUT2D eigenvalue weighted by Crippen LogP contribution is 2.19. The van der Waals surface area contributed by atoms with Crippen LogP contribution < -0.4 is 0 Å². The minimum absolute atomic E-state index is 0.630. The summed E-state index contributed by atoms with van der Waals surface area (Å²) in [5, 5.41) is 17.2. The first-order chi connectivity index (χ1) is 9.28. The standard InChI is InChI=1S/C14H9BrN4/c15-12-7-10(5-6-11(12)8-16)9-19-14-4-2-1-3-13(14)17-18-19/h1-7H,9H2. The van der Waals surface area contributed by atoms with E-state index in [4.69, 9.17) is 5.26 Å². The summed E-state index contributed by atoms with van der Waals surface area (Å²) in [6.45, 7) is 0.630. The molecule has 0 amide bonds. The zero-order chi connectivity index (χ0) is 13.2. The minimum atomic E-state index is 0.630. The van der Waals surface area contributed by atoms with Crippen molar-refractivity contribution in [3.8, 4) is 6.07 Å². The molecule has 0 spiro atoms. The topological polar surface area (TPSA) is 54.5 Å². The van der Waals surface area contributed by atoms with Crippen molar-refractivity contribution < 1.29 is 0 Å². The molecule has 0 aliphatic heterocycles. The fraction of sp³-hybridized carbons (Fsp3) is 0.0714. The van der Waals surface area contributed by atoms with Crippen LogP contribution in [0, 0.1) is 11.3 Å². The Labute approximate surface area is 118 Å². The molecule has 5 heteroatoms. The predicted octanol–water partition coefficient (Wildman–Crippen LogP) is 3.11. The number of para-hydroxylation sites is 1. The Morgan fingerprint density at radius 1 is 1.21 bits per heavy atom. The van der Waals surface area contributed by atoms with Gasteiger partial charge in [-0.15, -0.1) is 5.10 Å². The smallest absolute Gasteiger partial charge is 0.113 e. The summed E-state index contributed by atoms with van der Waals surface area (Å²) in [7, 11) is 0. The maximum absolute atomic E-state index is 8.90. The quantitative estimate of drug-likeness (QED) is 0.730. The van der Waals surface area contributed by atoms with E-state index in [1.807, 2.05) is 41.1 Å². The highest BCUT2D eigenvalue weighted by Gasteiger charge is 2.06.